The van der Waals surface area contributed by atoms with Gasteiger partial charge in [-0.2, -0.15) is 0 Å². The normalized spacial score (nSPS) is 13.9. The molecule has 0 unspecified atom stereocenters. The van der Waals surface area contributed by atoms with E-state index in [1.165, 1.54) is 0 Å². The Morgan fingerprint density at radius 3 is 2.62 bits per heavy atom. The summed E-state index contributed by atoms with van der Waals surface area (Å²) in [6, 6.07) is 15.3. The van der Waals surface area contributed by atoms with Crippen molar-refractivity contribution in [1.29, 1.82) is 0 Å². The van der Waals surface area contributed by atoms with Crippen LogP contribution in [0.15, 0.2) is 48.5 Å². The minimum atomic E-state index is -0.130. The fourth-order valence-corrected chi connectivity index (χ4v) is 3.08. The summed E-state index contributed by atoms with van der Waals surface area (Å²) in [4.78, 5) is 26.0. The highest BCUT2D eigenvalue weighted by atomic mass is 16.2. The Labute approximate surface area is 154 Å². The van der Waals surface area contributed by atoms with Crippen molar-refractivity contribution in [2.45, 2.75) is 32.9 Å². The Morgan fingerprint density at radius 1 is 1.12 bits per heavy atom. The standard InChI is InChI=1S/C21H25N3O2/c1-2-22-14-17-5-3-6-19(13-17)23-21(26)18-10-8-16(9-11-18)15-24-12-4-7-20(24)25/h3,5-6,8-11,13,22H,2,4,7,12,14-15H2,1H3,(H,23,26). The number of rotatable bonds is 7. The highest BCUT2D eigenvalue weighted by Gasteiger charge is 2.20. The molecule has 0 aliphatic carbocycles. The molecule has 5 nitrogen and oxygen atoms in total. The Kier molecular flexibility index (Phi) is 6.02. The van der Waals surface area contributed by atoms with Crippen LogP contribution >= 0.6 is 0 Å². The summed E-state index contributed by atoms with van der Waals surface area (Å²) >= 11 is 0. The molecule has 0 radical (unpaired) electrons. The first-order valence-corrected chi connectivity index (χ1v) is 9.13. The van der Waals surface area contributed by atoms with Gasteiger partial charge >= 0.3 is 0 Å². The van der Waals surface area contributed by atoms with Gasteiger partial charge in [-0.25, -0.2) is 0 Å². The van der Waals surface area contributed by atoms with Gasteiger partial charge in [-0.05, 0) is 48.4 Å². The molecule has 0 spiro atoms. The Morgan fingerprint density at radius 2 is 1.92 bits per heavy atom. The third-order valence-electron chi connectivity index (χ3n) is 4.52. The van der Waals surface area contributed by atoms with E-state index in [1.54, 1.807) is 0 Å². The molecule has 1 heterocycles. The van der Waals surface area contributed by atoms with E-state index in [-0.39, 0.29) is 11.8 Å². The average Bonchev–Trinajstić information content (AvgIpc) is 3.05. The Bertz CT molecular complexity index is 771. The first-order valence-electron chi connectivity index (χ1n) is 9.13. The van der Waals surface area contributed by atoms with E-state index in [2.05, 4.69) is 17.6 Å². The molecule has 3 rings (SSSR count). The molecule has 0 bridgehead atoms. The molecule has 1 aliphatic heterocycles. The highest BCUT2D eigenvalue weighted by molar-refractivity contribution is 6.04. The van der Waals surface area contributed by atoms with Gasteiger partial charge in [-0.3, -0.25) is 9.59 Å². The SMILES string of the molecule is CCNCc1cccc(NC(=O)c2ccc(CN3CCCC3=O)cc2)c1. The lowest BCUT2D eigenvalue weighted by Crippen LogP contribution is -2.23. The van der Waals surface area contributed by atoms with E-state index in [9.17, 15) is 9.59 Å². The second-order valence-electron chi connectivity index (χ2n) is 6.55. The molecule has 2 N–H and O–H groups in total. The van der Waals surface area contributed by atoms with Gasteiger partial charge in [0.25, 0.3) is 5.91 Å². The van der Waals surface area contributed by atoms with Crippen molar-refractivity contribution >= 4 is 17.5 Å². The van der Waals surface area contributed by atoms with Crippen LogP contribution in [-0.4, -0.2) is 29.8 Å². The zero-order chi connectivity index (χ0) is 18.4. The second kappa shape index (κ2) is 8.63. The summed E-state index contributed by atoms with van der Waals surface area (Å²) in [5, 5.41) is 6.22. The summed E-state index contributed by atoms with van der Waals surface area (Å²) < 4.78 is 0. The topological polar surface area (TPSA) is 61.4 Å². The maximum absolute atomic E-state index is 12.5. The number of amides is 2. The Balaban J connectivity index is 1.60. The number of hydrogen-bond acceptors (Lipinski definition) is 3. The molecule has 2 aromatic rings. The number of likely N-dealkylation sites (tertiary alicyclic amines) is 1. The van der Waals surface area contributed by atoms with E-state index in [1.807, 2.05) is 53.4 Å². The lowest BCUT2D eigenvalue weighted by molar-refractivity contribution is -0.128. The number of hydrogen-bond donors (Lipinski definition) is 2. The number of nitrogens with one attached hydrogen (secondary N) is 2. The largest absolute Gasteiger partial charge is 0.338 e. The van der Waals surface area contributed by atoms with Gasteiger partial charge in [0.1, 0.15) is 0 Å². The molecule has 2 amide bonds. The van der Waals surface area contributed by atoms with Gasteiger partial charge in [0.15, 0.2) is 0 Å². The van der Waals surface area contributed by atoms with Gasteiger partial charge in [-0.15, -0.1) is 0 Å². The molecule has 0 saturated carbocycles. The van der Waals surface area contributed by atoms with Crippen molar-refractivity contribution in [2.24, 2.45) is 0 Å². The van der Waals surface area contributed by atoms with Crippen LogP contribution in [0.25, 0.3) is 0 Å². The molecule has 26 heavy (non-hydrogen) atoms. The number of benzene rings is 2. The van der Waals surface area contributed by atoms with Crippen molar-refractivity contribution in [3.63, 3.8) is 0 Å². The minimum absolute atomic E-state index is 0.130. The number of anilines is 1. The first-order chi connectivity index (χ1) is 12.7. The maximum atomic E-state index is 12.5. The zero-order valence-corrected chi connectivity index (χ0v) is 15.1. The van der Waals surface area contributed by atoms with Gasteiger partial charge in [0, 0.05) is 37.3 Å². The van der Waals surface area contributed by atoms with Crippen LogP contribution in [0.4, 0.5) is 5.69 Å². The highest BCUT2D eigenvalue weighted by Crippen LogP contribution is 2.16. The van der Waals surface area contributed by atoms with E-state index in [0.717, 1.165) is 42.9 Å². The summed E-state index contributed by atoms with van der Waals surface area (Å²) in [7, 11) is 0. The monoisotopic (exact) mass is 351 g/mol. The van der Waals surface area contributed by atoms with Gasteiger partial charge in [-0.1, -0.05) is 31.2 Å². The van der Waals surface area contributed by atoms with Crippen molar-refractivity contribution < 1.29 is 9.59 Å². The summed E-state index contributed by atoms with van der Waals surface area (Å²) in [5.74, 6) is 0.0821. The van der Waals surface area contributed by atoms with E-state index < -0.39 is 0 Å². The van der Waals surface area contributed by atoms with Crippen LogP contribution in [0, 0.1) is 0 Å². The lowest BCUT2D eigenvalue weighted by atomic mass is 10.1. The van der Waals surface area contributed by atoms with Gasteiger partial charge < -0.3 is 15.5 Å². The van der Waals surface area contributed by atoms with Gasteiger partial charge in [0.2, 0.25) is 5.91 Å². The number of nitrogens with zero attached hydrogens (tertiary/aromatic N) is 1. The fraction of sp³-hybridized carbons (Fsp3) is 0.333. The zero-order valence-electron chi connectivity index (χ0n) is 15.1. The van der Waals surface area contributed by atoms with Crippen LogP contribution in [0.1, 0.15) is 41.3 Å². The molecule has 1 saturated heterocycles. The third-order valence-corrected chi connectivity index (χ3v) is 4.52. The molecule has 2 aromatic carbocycles. The Hall–Kier alpha value is -2.66. The predicted molar refractivity (Wildman–Crippen MR) is 103 cm³/mol. The molecule has 1 fully saturated rings. The quantitative estimate of drug-likeness (QED) is 0.805. The maximum Gasteiger partial charge on any atom is 0.255 e. The van der Waals surface area contributed by atoms with Crippen molar-refractivity contribution in [3.8, 4) is 0 Å². The van der Waals surface area contributed by atoms with Crippen LogP contribution in [0.5, 0.6) is 0 Å². The molecule has 136 valence electrons. The van der Waals surface area contributed by atoms with Crippen molar-refractivity contribution in [3.05, 3.63) is 65.2 Å². The summed E-state index contributed by atoms with van der Waals surface area (Å²) in [6.07, 6.45) is 1.58. The van der Waals surface area contributed by atoms with E-state index in [4.69, 9.17) is 0 Å². The molecule has 5 heteroatoms. The fourth-order valence-electron chi connectivity index (χ4n) is 3.08. The summed E-state index contributed by atoms with van der Waals surface area (Å²) in [6.45, 7) is 5.20. The predicted octanol–water partition coefficient (Wildman–Crippen LogP) is 3.17. The van der Waals surface area contributed by atoms with E-state index in [0.29, 0.717) is 18.5 Å². The lowest BCUT2D eigenvalue weighted by Gasteiger charge is -2.15. The second-order valence-corrected chi connectivity index (χ2v) is 6.55. The molecule has 0 atom stereocenters. The minimum Gasteiger partial charge on any atom is -0.338 e. The van der Waals surface area contributed by atoms with Gasteiger partial charge in [0.05, 0.1) is 0 Å². The first kappa shape index (κ1) is 18.1. The number of carbonyl (C=O) groups excluding carboxylic acids is 2. The number of carbonyl (C=O) groups is 2. The van der Waals surface area contributed by atoms with Crippen LogP contribution in [-0.2, 0) is 17.9 Å². The van der Waals surface area contributed by atoms with Crippen LogP contribution < -0.4 is 10.6 Å². The van der Waals surface area contributed by atoms with Crippen LogP contribution in [0.3, 0.4) is 0 Å². The molecule has 0 aromatic heterocycles. The smallest absolute Gasteiger partial charge is 0.255 e. The summed E-state index contributed by atoms with van der Waals surface area (Å²) in [5.41, 5.74) is 3.58. The van der Waals surface area contributed by atoms with Crippen molar-refractivity contribution in [2.75, 3.05) is 18.4 Å². The third kappa shape index (κ3) is 4.70. The molecular formula is C21H25N3O2. The molecular weight excluding hydrogens is 326 g/mol. The van der Waals surface area contributed by atoms with E-state index >= 15 is 0 Å². The average molecular weight is 351 g/mol. The van der Waals surface area contributed by atoms with Crippen molar-refractivity contribution in [1.82, 2.24) is 10.2 Å². The molecule has 1 aliphatic rings. The van der Waals surface area contributed by atoms with Crippen LogP contribution in [0.2, 0.25) is 0 Å².